The van der Waals surface area contributed by atoms with E-state index in [1.54, 1.807) is 18.6 Å². The smallest absolute Gasteiger partial charge is 0.146 e. The van der Waals surface area contributed by atoms with Gasteiger partial charge in [-0.2, -0.15) is 10.4 Å². The second-order valence-corrected chi connectivity index (χ2v) is 8.77. The van der Waals surface area contributed by atoms with Gasteiger partial charge in [0, 0.05) is 48.2 Å². The number of hydrogen-bond donors (Lipinski definition) is 1. The van der Waals surface area contributed by atoms with Gasteiger partial charge in [0.25, 0.3) is 0 Å². The predicted molar refractivity (Wildman–Crippen MR) is 129 cm³/mol. The number of aromatic amines is 1. The molecule has 1 aliphatic rings. The Balaban J connectivity index is 1.48. The van der Waals surface area contributed by atoms with Crippen LogP contribution in [-0.2, 0) is 0 Å². The summed E-state index contributed by atoms with van der Waals surface area (Å²) in [6.07, 6.45) is 6.73. The van der Waals surface area contributed by atoms with Gasteiger partial charge in [-0.15, -0.1) is 0 Å². The second-order valence-electron chi connectivity index (χ2n) is 7.96. The number of halogens is 2. The maximum absolute atomic E-state index is 9.72. The largest absolute Gasteiger partial charge is 0.486 e. The van der Waals surface area contributed by atoms with E-state index in [4.69, 9.17) is 27.9 Å². The van der Waals surface area contributed by atoms with Crippen LogP contribution in [0.15, 0.2) is 42.9 Å². The minimum Gasteiger partial charge on any atom is -0.486 e. The Morgan fingerprint density at radius 3 is 2.61 bits per heavy atom. The molecule has 1 fully saturated rings. The Hall–Kier alpha value is -3.34. The van der Waals surface area contributed by atoms with Crippen molar-refractivity contribution in [2.45, 2.75) is 25.9 Å². The van der Waals surface area contributed by atoms with Crippen molar-refractivity contribution in [3.63, 3.8) is 0 Å². The fourth-order valence-electron chi connectivity index (χ4n) is 4.21. The Labute approximate surface area is 200 Å². The van der Waals surface area contributed by atoms with Crippen molar-refractivity contribution >= 4 is 39.9 Å². The molecule has 0 amide bonds. The summed E-state index contributed by atoms with van der Waals surface area (Å²) in [4.78, 5) is 10.8. The Morgan fingerprint density at radius 2 is 1.88 bits per heavy atom. The summed E-state index contributed by atoms with van der Waals surface area (Å²) < 4.78 is 6.15. The SMILES string of the molecule is CC(Oc1ccc2[nH]nc(-c3cnc(N4CCCC4)c(C#N)c3)c2c1)c1c(Cl)cncc1Cl. The summed E-state index contributed by atoms with van der Waals surface area (Å²) in [5.74, 6) is 1.38. The van der Waals surface area contributed by atoms with Gasteiger partial charge in [-0.1, -0.05) is 23.2 Å². The van der Waals surface area contributed by atoms with E-state index in [0.29, 0.717) is 32.6 Å². The molecule has 4 aromatic rings. The monoisotopic (exact) mass is 478 g/mol. The number of fused-ring (bicyclic) bond motifs is 1. The quantitative estimate of drug-likeness (QED) is 0.381. The highest BCUT2D eigenvalue weighted by atomic mass is 35.5. The molecular formula is C24H20Cl2N6O. The van der Waals surface area contributed by atoms with Gasteiger partial charge in [-0.3, -0.25) is 10.1 Å². The van der Waals surface area contributed by atoms with Gasteiger partial charge in [-0.25, -0.2) is 4.98 Å². The van der Waals surface area contributed by atoms with Crippen LogP contribution in [0.5, 0.6) is 5.75 Å². The molecule has 1 N–H and O–H groups in total. The lowest BCUT2D eigenvalue weighted by atomic mass is 10.1. The summed E-state index contributed by atoms with van der Waals surface area (Å²) >= 11 is 12.6. The molecular weight excluding hydrogens is 459 g/mol. The van der Waals surface area contributed by atoms with Crippen LogP contribution in [0.4, 0.5) is 5.82 Å². The molecule has 166 valence electrons. The molecule has 0 spiro atoms. The van der Waals surface area contributed by atoms with Gasteiger partial charge in [0.1, 0.15) is 29.4 Å². The number of rotatable bonds is 5. The maximum Gasteiger partial charge on any atom is 0.146 e. The number of nitriles is 1. The number of H-pyrrole nitrogens is 1. The zero-order chi connectivity index (χ0) is 22.9. The molecule has 0 saturated carbocycles. The highest BCUT2D eigenvalue weighted by Crippen LogP contribution is 2.35. The summed E-state index contributed by atoms with van der Waals surface area (Å²) in [5.41, 5.74) is 3.56. The van der Waals surface area contributed by atoms with Gasteiger partial charge in [0.05, 0.1) is 21.1 Å². The van der Waals surface area contributed by atoms with Crippen molar-refractivity contribution in [3.8, 4) is 23.1 Å². The van der Waals surface area contributed by atoms with Crippen molar-refractivity contribution in [1.82, 2.24) is 20.2 Å². The van der Waals surface area contributed by atoms with Crippen LogP contribution in [-0.4, -0.2) is 33.3 Å². The Kier molecular flexibility index (Phi) is 5.79. The number of nitrogens with one attached hydrogen (secondary N) is 1. The molecule has 3 aromatic heterocycles. The summed E-state index contributed by atoms with van der Waals surface area (Å²) in [6.45, 7) is 3.74. The van der Waals surface area contributed by atoms with Crippen LogP contribution >= 0.6 is 23.2 Å². The number of pyridine rings is 2. The summed E-state index contributed by atoms with van der Waals surface area (Å²) in [5, 5.41) is 19.0. The number of benzene rings is 1. The van der Waals surface area contributed by atoms with E-state index in [2.05, 4.69) is 31.1 Å². The first-order valence-corrected chi connectivity index (χ1v) is 11.4. The van der Waals surface area contributed by atoms with E-state index < -0.39 is 0 Å². The molecule has 7 nitrogen and oxygen atoms in total. The third-order valence-corrected chi connectivity index (χ3v) is 6.41. The highest BCUT2D eigenvalue weighted by molar-refractivity contribution is 6.35. The highest BCUT2D eigenvalue weighted by Gasteiger charge is 2.20. The zero-order valence-electron chi connectivity index (χ0n) is 17.8. The van der Waals surface area contributed by atoms with Crippen LogP contribution in [0.1, 0.15) is 37.0 Å². The number of nitrogens with zero attached hydrogens (tertiary/aromatic N) is 5. The first kappa shape index (κ1) is 21.5. The standard InChI is InChI=1S/C24H20Cl2N6O/c1-14(22-19(25)12-28-13-20(22)26)33-17-4-5-21-18(9-17)23(31-30-21)16-8-15(10-27)24(29-11-16)32-6-2-3-7-32/h4-5,8-9,11-14H,2-3,6-7H2,1H3,(H,30,31). The van der Waals surface area contributed by atoms with E-state index in [1.165, 1.54) is 0 Å². The van der Waals surface area contributed by atoms with E-state index in [0.717, 1.165) is 48.2 Å². The van der Waals surface area contributed by atoms with Crippen LogP contribution in [0.3, 0.4) is 0 Å². The van der Waals surface area contributed by atoms with Crippen molar-refractivity contribution in [3.05, 3.63) is 64.0 Å². The average Bonchev–Trinajstić information content (AvgIpc) is 3.48. The van der Waals surface area contributed by atoms with E-state index >= 15 is 0 Å². The fourth-order valence-corrected chi connectivity index (χ4v) is 4.88. The van der Waals surface area contributed by atoms with Crippen molar-refractivity contribution in [2.75, 3.05) is 18.0 Å². The molecule has 33 heavy (non-hydrogen) atoms. The molecule has 4 heterocycles. The fraction of sp³-hybridized carbons (Fsp3) is 0.250. The second kappa shape index (κ2) is 8.89. The first-order chi connectivity index (χ1) is 16.0. The molecule has 0 bridgehead atoms. The van der Waals surface area contributed by atoms with Gasteiger partial charge < -0.3 is 9.64 Å². The number of hydrogen-bond acceptors (Lipinski definition) is 6. The Morgan fingerprint density at radius 1 is 1.12 bits per heavy atom. The normalized spacial score (nSPS) is 14.4. The van der Waals surface area contributed by atoms with Crippen LogP contribution in [0.2, 0.25) is 10.0 Å². The number of ether oxygens (including phenoxy) is 1. The lowest BCUT2D eigenvalue weighted by Crippen LogP contribution is -2.20. The molecule has 1 unspecified atom stereocenters. The first-order valence-electron chi connectivity index (χ1n) is 10.6. The van der Waals surface area contributed by atoms with Gasteiger partial charge >= 0.3 is 0 Å². The van der Waals surface area contributed by atoms with Crippen molar-refractivity contribution in [2.24, 2.45) is 0 Å². The zero-order valence-corrected chi connectivity index (χ0v) is 19.4. The Bertz CT molecular complexity index is 1350. The molecule has 1 aromatic carbocycles. The minimum atomic E-state index is -0.382. The van der Waals surface area contributed by atoms with Crippen molar-refractivity contribution in [1.29, 1.82) is 5.26 Å². The summed E-state index contributed by atoms with van der Waals surface area (Å²) in [7, 11) is 0. The molecule has 1 atom stereocenters. The molecule has 1 aliphatic heterocycles. The molecule has 0 aliphatic carbocycles. The van der Waals surface area contributed by atoms with Gasteiger partial charge in [-0.05, 0) is 44.0 Å². The van der Waals surface area contributed by atoms with Gasteiger partial charge in [0.2, 0.25) is 0 Å². The minimum absolute atomic E-state index is 0.382. The van der Waals surface area contributed by atoms with Crippen LogP contribution in [0, 0.1) is 11.3 Å². The summed E-state index contributed by atoms with van der Waals surface area (Å²) in [6, 6.07) is 9.82. The van der Waals surface area contributed by atoms with E-state index in [1.807, 2.05) is 31.2 Å². The maximum atomic E-state index is 9.72. The van der Waals surface area contributed by atoms with Crippen LogP contribution in [0.25, 0.3) is 22.2 Å². The molecule has 0 radical (unpaired) electrons. The molecule has 1 saturated heterocycles. The van der Waals surface area contributed by atoms with Gasteiger partial charge in [0.15, 0.2) is 0 Å². The number of aromatic nitrogens is 4. The van der Waals surface area contributed by atoms with Crippen LogP contribution < -0.4 is 9.64 Å². The average molecular weight is 479 g/mol. The molecule has 5 rings (SSSR count). The van der Waals surface area contributed by atoms with Crippen molar-refractivity contribution < 1.29 is 4.74 Å². The van der Waals surface area contributed by atoms with E-state index in [-0.39, 0.29) is 6.10 Å². The predicted octanol–water partition coefficient (Wildman–Crippen LogP) is 5.94. The lowest BCUT2D eigenvalue weighted by Gasteiger charge is -2.18. The molecule has 9 heteroatoms. The lowest BCUT2D eigenvalue weighted by molar-refractivity contribution is 0.227. The number of anilines is 1. The van der Waals surface area contributed by atoms with E-state index in [9.17, 15) is 5.26 Å². The topological polar surface area (TPSA) is 90.7 Å². The third-order valence-electron chi connectivity index (χ3n) is 5.81. The third kappa shape index (κ3) is 4.08.